The van der Waals surface area contributed by atoms with Crippen molar-refractivity contribution in [3.63, 3.8) is 0 Å². The van der Waals surface area contributed by atoms with Crippen molar-refractivity contribution in [1.82, 2.24) is 4.90 Å². The van der Waals surface area contributed by atoms with E-state index in [1.807, 2.05) is 32.0 Å². The van der Waals surface area contributed by atoms with Crippen LogP contribution in [-0.2, 0) is 14.3 Å². The number of hydrogen-bond acceptors (Lipinski definition) is 5. The minimum Gasteiger partial charge on any atom is -0.454 e. The second-order valence-corrected chi connectivity index (χ2v) is 12.5. The summed E-state index contributed by atoms with van der Waals surface area (Å²) in [5.74, 6) is -2.75. The summed E-state index contributed by atoms with van der Waals surface area (Å²) in [6.45, 7) is 6.71. The average molecular weight is 912 g/mol. The maximum atomic E-state index is 13.3. The second-order valence-electron chi connectivity index (χ2n) is 8.15. The lowest BCUT2D eigenvalue weighted by atomic mass is 10.0. The van der Waals surface area contributed by atoms with E-state index >= 15 is 0 Å². The topological polar surface area (TPSA) is 92.8 Å². The van der Waals surface area contributed by atoms with Crippen molar-refractivity contribution in [1.29, 1.82) is 0 Å². The Balaban J connectivity index is 1.81. The van der Waals surface area contributed by atoms with Crippen LogP contribution in [0.15, 0.2) is 18.2 Å². The fraction of sp³-hybridized carbons (Fsp3) is 0.304. The van der Waals surface area contributed by atoms with Gasteiger partial charge in [-0.1, -0.05) is 26.0 Å². The van der Waals surface area contributed by atoms with E-state index in [0.29, 0.717) is 24.0 Å². The summed E-state index contributed by atoms with van der Waals surface area (Å²) < 4.78 is 8.42. The Labute approximate surface area is 252 Å². The Morgan fingerprint density at radius 1 is 0.941 bits per heavy atom. The molecule has 2 aromatic carbocycles. The van der Waals surface area contributed by atoms with E-state index < -0.39 is 42.3 Å². The number of carbonyl (C=O) groups excluding carboxylic acids is 4. The molecular weight excluding hydrogens is 892 g/mol. The predicted octanol–water partition coefficient (Wildman–Crippen LogP) is 5.52. The number of nitrogens with zero attached hydrogens (tertiary/aromatic N) is 1. The summed E-state index contributed by atoms with van der Waals surface area (Å²) in [5.41, 5.74) is 3.12. The van der Waals surface area contributed by atoms with Gasteiger partial charge < -0.3 is 10.1 Å². The van der Waals surface area contributed by atoms with E-state index in [1.165, 1.54) is 0 Å². The van der Waals surface area contributed by atoms with Gasteiger partial charge in [0.2, 0.25) is 0 Å². The second kappa shape index (κ2) is 11.2. The first kappa shape index (κ1) is 28.0. The number of rotatable bonds is 6. The third kappa shape index (κ3) is 5.40. The van der Waals surface area contributed by atoms with Crippen molar-refractivity contribution >= 4 is 120 Å². The normalized spacial score (nSPS) is 13.9. The van der Waals surface area contributed by atoms with Crippen LogP contribution in [0, 0.1) is 34.0 Å². The van der Waals surface area contributed by atoms with Gasteiger partial charge in [-0.15, -0.1) is 0 Å². The van der Waals surface area contributed by atoms with Gasteiger partial charge in [-0.25, -0.2) is 4.79 Å². The molecule has 0 saturated heterocycles. The van der Waals surface area contributed by atoms with Gasteiger partial charge in [-0.05, 0) is 127 Å². The van der Waals surface area contributed by atoms with Crippen LogP contribution in [0.5, 0.6) is 0 Å². The van der Waals surface area contributed by atoms with E-state index in [9.17, 15) is 19.2 Å². The smallest absolute Gasteiger partial charge is 0.330 e. The molecule has 1 N–H and O–H groups in total. The summed E-state index contributed by atoms with van der Waals surface area (Å²) in [6.07, 6.45) is 0. The minimum atomic E-state index is -1.15. The van der Waals surface area contributed by atoms with Crippen molar-refractivity contribution in [2.24, 2.45) is 5.92 Å². The molecule has 1 heterocycles. The molecule has 0 radical (unpaired) electrons. The molecule has 0 fully saturated rings. The van der Waals surface area contributed by atoms with E-state index in [2.05, 4.69) is 95.7 Å². The molecule has 3 amide bonds. The Morgan fingerprint density at radius 3 is 1.97 bits per heavy atom. The number of anilines is 1. The van der Waals surface area contributed by atoms with Gasteiger partial charge >= 0.3 is 5.97 Å². The van der Waals surface area contributed by atoms with Crippen molar-refractivity contribution in [2.75, 3.05) is 11.9 Å². The molecule has 34 heavy (non-hydrogen) atoms. The number of nitrogens with one attached hydrogen (secondary N) is 1. The molecule has 7 nitrogen and oxygen atoms in total. The number of carbonyl (C=O) groups is 4. The largest absolute Gasteiger partial charge is 0.454 e. The SMILES string of the molecule is Cc1ccc(C)c(NC(=O)COC(=O)[C@H](C(C)C)N2C(=O)c3c(I)c(I)c(I)c(I)c3C2=O)c1. The highest BCUT2D eigenvalue weighted by atomic mass is 127. The highest BCUT2D eigenvalue weighted by Crippen LogP contribution is 2.39. The summed E-state index contributed by atoms with van der Waals surface area (Å²) in [6, 6.07) is 4.50. The van der Waals surface area contributed by atoms with Crippen LogP contribution in [0.1, 0.15) is 45.7 Å². The summed E-state index contributed by atoms with van der Waals surface area (Å²) in [4.78, 5) is 53.1. The highest BCUT2D eigenvalue weighted by molar-refractivity contribution is 14.1. The van der Waals surface area contributed by atoms with Gasteiger partial charge in [-0.2, -0.15) is 0 Å². The molecule has 0 spiro atoms. The lowest BCUT2D eigenvalue weighted by molar-refractivity contribution is -0.152. The van der Waals surface area contributed by atoms with Crippen LogP contribution < -0.4 is 5.32 Å². The molecule has 1 atom stereocenters. The fourth-order valence-electron chi connectivity index (χ4n) is 3.57. The van der Waals surface area contributed by atoms with E-state index in [1.54, 1.807) is 13.8 Å². The Hall–Kier alpha value is -0.560. The minimum absolute atomic E-state index is 0.311. The number of hydrogen-bond donors (Lipinski definition) is 1. The van der Waals surface area contributed by atoms with Gasteiger partial charge in [0.05, 0.1) is 11.1 Å². The van der Waals surface area contributed by atoms with Crippen molar-refractivity contribution < 1.29 is 23.9 Å². The van der Waals surface area contributed by atoms with Crippen LogP contribution in [0.2, 0.25) is 0 Å². The first-order chi connectivity index (χ1) is 15.9. The van der Waals surface area contributed by atoms with Gasteiger partial charge in [0.25, 0.3) is 17.7 Å². The number of amides is 3. The van der Waals surface area contributed by atoms with E-state index in [4.69, 9.17) is 4.74 Å². The van der Waals surface area contributed by atoms with Crippen LogP contribution in [-0.4, -0.2) is 41.2 Å². The molecule has 0 saturated carbocycles. The summed E-state index contributed by atoms with van der Waals surface area (Å²) >= 11 is 8.43. The first-order valence-electron chi connectivity index (χ1n) is 10.1. The monoisotopic (exact) mass is 912 g/mol. The third-order valence-electron chi connectivity index (χ3n) is 5.30. The molecule has 1 aliphatic rings. The molecule has 0 aromatic heterocycles. The summed E-state index contributed by atoms with van der Waals surface area (Å²) in [5, 5.41) is 2.74. The molecule has 0 unspecified atom stereocenters. The fourth-order valence-corrected chi connectivity index (χ4v) is 7.22. The van der Waals surface area contributed by atoms with Crippen molar-refractivity contribution in [2.45, 2.75) is 33.7 Å². The predicted molar refractivity (Wildman–Crippen MR) is 162 cm³/mol. The van der Waals surface area contributed by atoms with Gasteiger partial charge in [-0.3, -0.25) is 19.3 Å². The zero-order valence-electron chi connectivity index (χ0n) is 18.6. The van der Waals surface area contributed by atoms with Crippen LogP contribution in [0.3, 0.4) is 0 Å². The standard InChI is InChI=1S/C23H20I4N2O5/c1-9(2)20(23(33)34-8-13(30)28-12-7-10(3)5-6-11(12)4)29-21(31)14-15(22(29)32)17(25)19(27)18(26)16(14)24/h5-7,9,20H,8H2,1-4H3,(H,28,30)/t20-/m0/s1. The van der Waals surface area contributed by atoms with E-state index in [0.717, 1.165) is 23.2 Å². The Bertz CT molecular complexity index is 1180. The van der Waals surface area contributed by atoms with E-state index in [-0.39, 0.29) is 0 Å². The lowest BCUT2D eigenvalue weighted by Gasteiger charge is -2.27. The van der Waals surface area contributed by atoms with Crippen LogP contribution >= 0.6 is 90.4 Å². The molecule has 3 rings (SSSR count). The molecule has 0 aliphatic carbocycles. The number of benzene rings is 2. The zero-order valence-corrected chi connectivity index (χ0v) is 27.2. The summed E-state index contributed by atoms with van der Waals surface area (Å²) in [7, 11) is 0. The maximum Gasteiger partial charge on any atom is 0.330 e. The average Bonchev–Trinajstić information content (AvgIpc) is 3.02. The maximum absolute atomic E-state index is 13.3. The zero-order chi connectivity index (χ0) is 25.5. The Morgan fingerprint density at radius 2 is 1.47 bits per heavy atom. The van der Waals surface area contributed by atoms with Gasteiger partial charge in [0, 0.05) is 20.0 Å². The number of aryl methyl sites for hydroxylation is 2. The molecule has 2 aromatic rings. The third-order valence-corrected chi connectivity index (χ3v) is 12.7. The Kier molecular flexibility index (Phi) is 9.25. The van der Waals surface area contributed by atoms with Crippen molar-refractivity contribution in [3.8, 4) is 0 Å². The lowest BCUT2D eigenvalue weighted by Crippen LogP contribution is -2.49. The number of fused-ring (bicyclic) bond motifs is 1. The molecular formula is C23H20I4N2O5. The number of imide groups is 1. The van der Waals surface area contributed by atoms with Crippen molar-refractivity contribution in [3.05, 3.63) is 54.7 Å². The number of esters is 1. The van der Waals surface area contributed by atoms with Crippen LogP contribution in [0.25, 0.3) is 0 Å². The molecule has 180 valence electrons. The molecule has 1 aliphatic heterocycles. The highest BCUT2D eigenvalue weighted by Gasteiger charge is 2.47. The first-order valence-corrected chi connectivity index (χ1v) is 14.5. The van der Waals surface area contributed by atoms with Crippen LogP contribution in [0.4, 0.5) is 5.69 Å². The molecule has 0 bridgehead atoms. The number of halogens is 4. The quantitative estimate of drug-likeness (QED) is 0.136. The number of ether oxygens (including phenoxy) is 1. The van der Waals surface area contributed by atoms with Gasteiger partial charge in [0.15, 0.2) is 6.61 Å². The molecule has 11 heteroatoms. The van der Waals surface area contributed by atoms with Gasteiger partial charge in [0.1, 0.15) is 6.04 Å².